The van der Waals surface area contributed by atoms with Crippen molar-refractivity contribution in [3.63, 3.8) is 0 Å². The summed E-state index contributed by atoms with van der Waals surface area (Å²) in [5.74, 6) is 0. The van der Waals surface area contributed by atoms with E-state index in [4.69, 9.17) is 0 Å². The molecular formula is C62H42. The number of aryl methyl sites for hydroxylation is 2. The molecule has 0 heteroatoms. The van der Waals surface area contributed by atoms with Crippen LogP contribution in [0.1, 0.15) is 11.1 Å². The first-order valence-corrected chi connectivity index (χ1v) is 21.7. The third-order valence-corrected chi connectivity index (χ3v) is 13.3. The van der Waals surface area contributed by atoms with Crippen LogP contribution in [0.3, 0.4) is 0 Å². The van der Waals surface area contributed by atoms with Crippen molar-refractivity contribution < 1.29 is 0 Å². The molecule has 62 heavy (non-hydrogen) atoms. The molecule has 0 atom stereocenters. The normalized spacial score (nSPS) is 11.7. The molecule has 0 bridgehead atoms. The molecule has 0 aliphatic heterocycles. The minimum absolute atomic E-state index is 1.23. The molecule has 0 radical (unpaired) electrons. The SMILES string of the molecule is Cc1cc2c(-c3ccccc3)cc3c4ccccc4c(-c4ccccc4)cc3c2cc1-c1cc2c(cc1C)c(-c1ccccc1)cc1c3ccccc3c(-c3ccccc3)cc21. The summed E-state index contributed by atoms with van der Waals surface area (Å²) in [5.41, 5.74) is 15.0. The molecule has 0 nitrogen and oxygen atoms in total. The lowest BCUT2D eigenvalue weighted by Crippen LogP contribution is -1.94. The maximum atomic E-state index is 2.51. The molecule has 0 amide bonds. The lowest BCUT2D eigenvalue weighted by molar-refractivity contribution is 1.44. The van der Waals surface area contributed by atoms with Gasteiger partial charge in [-0.1, -0.05) is 182 Å². The predicted octanol–water partition coefficient (Wildman–Crippen LogP) is 17.6. The van der Waals surface area contributed by atoms with Gasteiger partial charge in [0, 0.05) is 0 Å². The van der Waals surface area contributed by atoms with Gasteiger partial charge < -0.3 is 0 Å². The monoisotopic (exact) mass is 786 g/mol. The Labute approximate surface area is 362 Å². The summed E-state index contributed by atoms with van der Waals surface area (Å²) in [6.07, 6.45) is 0. The van der Waals surface area contributed by atoms with Gasteiger partial charge in [-0.2, -0.15) is 0 Å². The van der Waals surface area contributed by atoms with Crippen LogP contribution in [0.25, 0.3) is 120 Å². The summed E-state index contributed by atoms with van der Waals surface area (Å²) >= 11 is 0. The van der Waals surface area contributed by atoms with E-state index in [0.29, 0.717) is 0 Å². The fourth-order valence-corrected chi connectivity index (χ4v) is 10.3. The van der Waals surface area contributed by atoms with Crippen LogP contribution in [0, 0.1) is 13.8 Å². The smallest absolute Gasteiger partial charge is 0.00921 e. The highest BCUT2D eigenvalue weighted by molar-refractivity contribution is 6.26. The summed E-state index contributed by atoms with van der Waals surface area (Å²) in [7, 11) is 0. The van der Waals surface area contributed by atoms with Gasteiger partial charge in [-0.3, -0.25) is 0 Å². The second-order valence-corrected chi connectivity index (χ2v) is 16.9. The van der Waals surface area contributed by atoms with E-state index in [1.165, 1.54) is 131 Å². The number of benzene rings is 12. The standard InChI is InChI=1S/C62H42/c1-39-31-55-53(43-23-11-5-12-24-43)37-57-47-29-17-15-27-45(47)51(41-19-7-3-8-20-41)35-61(57)59(55)33-49(39)50-34-60-56(32-40(50)2)54(44-25-13-6-14-26-44)38-58-48-30-18-16-28-46(48)52(36-62(58)60)42-21-9-4-10-22-42/h3-38H,1-2H3. The highest BCUT2D eigenvalue weighted by Crippen LogP contribution is 2.47. The zero-order chi connectivity index (χ0) is 41.3. The summed E-state index contributed by atoms with van der Waals surface area (Å²) in [6, 6.07) is 81.2. The Morgan fingerprint density at radius 2 is 0.403 bits per heavy atom. The molecule has 0 aliphatic rings. The Morgan fingerprint density at radius 1 is 0.177 bits per heavy atom. The van der Waals surface area contributed by atoms with E-state index in [1.54, 1.807) is 0 Å². The van der Waals surface area contributed by atoms with Crippen molar-refractivity contribution in [1.82, 2.24) is 0 Å². The number of fused-ring (bicyclic) bond motifs is 10. The third-order valence-electron chi connectivity index (χ3n) is 13.3. The lowest BCUT2D eigenvalue weighted by Gasteiger charge is -2.20. The molecule has 0 aliphatic carbocycles. The van der Waals surface area contributed by atoms with E-state index < -0.39 is 0 Å². The van der Waals surface area contributed by atoms with Gasteiger partial charge in [0.1, 0.15) is 0 Å². The second kappa shape index (κ2) is 14.4. The van der Waals surface area contributed by atoms with Crippen molar-refractivity contribution in [1.29, 1.82) is 0 Å². The van der Waals surface area contributed by atoms with Gasteiger partial charge >= 0.3 is 0 Å². The van der Waals surface area contributed by atoms with Crippen LogP contribution in [-0.4, -0.2) is 0 Å². The Balaban J connectivity index is 1.20. The average Bonchev–Trinajstić information content (AvgIpc) is 3.33. The molecule has 0 heterocycles. The van der Waals surface area contributed by atoms with E-state index in [9.17, 15) is 0 Å². The molecule has 290 valence electrons. The predicted molar refractivity (Wildman–Crippen MR) is 268 cm³/mol. The van der Waals surface area contributed by atoms with Gasteiger partial charge in [0.05, 0.1) is 0 Å². The Bertz CT molecular complexity index is 3460. The molecule has 12 rings (SSSR count). The van der Waals surface area contributed by atoms with E-state index in [1.807, 2.05) is 0 Å². The molecule has 12 aromatic carbocycles. The molecule has 0 spiro atoms. The van der Waals surface area contributed by atoms with Gasteiger partial charge in [0.2, 0.25) is 0 Å². The molecular weight excluding hydrogens is 745 g/mol. The zero-order valence-electron chi connectivity index (χ0n) is 34.8. The van der Waals surface area contributed by atoms with Crippen molar-refractivity contribution in [2.75, 3.05) is 0 Å². The summed E-state index contributed by atoms with van der Waals surface area (Å²) in [4.78, 5) is 0. The van der Waals surface area contributed by atoms with Gasteiger partial charge in [-0.25, -0.2) is 0 Å². The van der Waals surface area contributed by atoms with Crippen LogP contribution < -0.4 is 0 Å². The maximum Gasteiger partial charge on any atom is -0.00921 e. The van der Waals surface area contributed by atoms with E-state index >= 15 is 0 Å². The highest BCUT2D eigenvalue weighted by Gasteiger charge is 2.20. The van der Waals surface area contributed by atoms with Crippen LogP contribution in [-0.2, 0) is 0 Å². The van der Waals surface area contributed by atoms with Gasteiger partial charge in [-0.05, 0) is 182 Å². The van der Waals surface area contributed by atoms with E-state index in [2.05, 4.69) is 232 Å². The molecule has 0 saturated heterocycles. The Morgan fingerprint density at radius 3 is 0.726 bits per heavy atom. The Hall–Kier alpha value is -7.80. The molecule has 0 unspecified atom stereocenters. The third kappa shape index (κ3) is 5.75. The fraction of sp³-hybridized carbons (Fsp3) is 0.0323. The second-order valence-electron chi connectivity index (χ2n) is 16.9. The van der Waals surface area contributed by atoms with Crippen LogP contribution in [0.2, 0.25) is 0 Å². The quantitative estimate of drug-likeness (QED) is 0.152. The van der Waals surface area contributed by atoms with Crippen molar-refractivity contribution in [2.24, 2.45) is 0 Å². The number of hydrogen-bond donors (Lipinski definition) is 0. The number of hydrogen-bond acceptors (Lipinski definition) is 0. The molecule has 12 aromatic rings. The summed E-state index contributed by atoms with van der Waals surface area (Å²) in [6.45, 7) is 4.60. The first-order valence-electron chi connectivity index (χ1n) is 21.7. The van der Waals surface area contributed by atoms with Crippen molar-refractivity contribution >= 4 is 64.6 Å². The van der Waals surface area contributed by atoms with Gasteiger partial charge in [0.25, 0.3) is 0 Å². The van der Waals surface area contributed by atoms with E-state index in [-0.39, 0.29) is 0 Å². The van der Waals surface area contributed by atoms with Crippen LogP contribution in [0.4, 0.5) is 0 Å². The van der Waals surface area contributed by atoms with Gasteiger partial charge in [0.15, 0.2) is 0 Å². The number of rotatable bonds is 5. The highest BCUT2D eigenvalue weighted by atomic mass is 14.2. The summed E-state index contributed by atoms with van der Waals surface area (Å²) < 4.78 is 0. The van der Waals surface area contributed by atoms with E-state index in [0.717, 1.165) is 0 Å². The first kappa shape index (κ1) is 36.1. The Kier molecular flexibility index (Phi) is 8.40. The van der Waals surface area contributed by atoms with Crippen LogP contribution in [0.5, 0.6) is 0 Å². The van der Waals surface area contributed by atoms with Crippen molar-refractivity contribution in [2.45, 2.75) is 13.8 Å². The first-order chi connectivity index (χ1) is 30.6. The van der Waals surface area contributed by atoms with Crippen molar-refractivity contribution in [3.05, 3.63) is 230 Å². The van der Waals surface area contributed by atoms with Crippen molar-refractivity contribution in [3.8, 4) is 55.6 Å². The topological polar surface area (TPSA) is 0 Å². The summed E-state index contributed by atoms with van der Waals surface area (Å²) in [5, 5.41) is 15.3. The largest absolute Gasteiger partial charge is 0.0622 e. The minimum atomic E-state index is 1.23. The minimum Gasteiger partial charge on any atom is -0.0622 e. The molecule has 0 saturated carbocycles. The fourth-order valence-electron chi connectivity index (χ4n) is 10.3. The van der Waals surface area contributed by atoms with Gasteiger partial charge in [-0.15, -0.1) is 0 Å². The maximum absolute atomic E-state index is 2.51. The van der Waals surface area contributed by atoms with Crippen LogP contribution in [0.15, 0.2) is 218 Å². The zero-order valence-corrected chi connectivity index (χ0v) is 34.8. The lowest BCUT2D eigenvalue weighted by atomic mass is 9.83. The molecule has 0 aromatic heterocycles. The average molecular weight is 787 g/mol. The molecule has 0 N–H and O–H groups in total. The molecule has 0 fully saturated rings. The van der Waals surface area contributed by atoms with Crippen LogP contribution >= 0.6 is 0 Å².